The zero-order valence-electron chi connectivity index (χ0n) is 10.6. The molecule has 21 heavy (non-hydrogen) atoms. The van der Waals surface area contributed by atoms with E-state index in [0.29, 0.717) is 4.68 Å². The summed E-state index contributed by atoms with van der Waals surface area (Å²) in [7, 11) is 0. The third-order valence-corrected chi connectivity index (χ3v) is 2.94. The quantitative estimate of drug-likeness (QED) is 0.590. The highest BCUT2D eigenvalue weighted by Crippen LogP contribution is 2.29. The predicted octanol–water partition coefficient (Wildman–Crippen LogP) is 0.208. The van der Waals surface area contributed by atoms with Crippen molar-refractivity contribution in [2.45, 2.75) is 0 Å². The first-order valence-electron chi connectivity index (χ1n) is 5.71. The van der Waals surface area contributed by atoms with Gasteiger partial charge in [0, 0.05) is 5.56 Å². The number of benzene rings is 1. The van der Waals surface area contributed by atoms with Crippen LogP contribution in [0.15, 0.2) is 35.1 Å². The van der Waals surface area contributed by atoms with Crippen LogP contribution in [-0.2, 0) is 0 Å². The molecule has 0 aliphatic rings. The molecule has 0 unspecified atom stereocenters. The third kappa shape index (κ3) is 2.18. The van der Waals surface area contributed by atoms with Crippen molar-refractivity contribution in [3.63, 3.8) is 0 Å². The Morgan fingerprint density at radius 3 is 2.00 bits per heavy atom. The number of carboxylic acid groups (broad SMARTS) is 2. The summed E-state index contributed by atoms with van der Waals surface area (Å²) in [6.07, 6.45) is 0. The molecule has 0 radical (unpaired) electrons. The Bertz CT molecular complexity index is 796. The van der Waals surface area contributed by atoms with E-state index in [-0.39, 0.29) is 11.1 Å². The number of aromatic nitrogens is 1. The SMILES string of the molecule is Nc1c(C(=O)O)c(-c2ccccc2)c(C(=O)O)c(=O)n1N. The summed E-state index contributed by atoms with van der Waals surface area (Å²) in [6.45, 7) is 0. The van der Waals surface area contributed by atoms with Crippen LogP contribution >= 0.6 is 0 Å². The molecular weight excluding hydrogens is 278 g/mol. The van der Waals surface area contributed by atoms with Crippen molar-refractivity contribution >= 4 is 17.8 Å². The van der Waals surface area contributed by atoms with Crippen LogP contribution in [-0.4, -0.2) is 26.8 Å². The number of aromatic carboxylic acids is 2. The summed E-state index contributed by atoms with van der Waals surface area (Å²) in [5, 5.41) is 18.5. The fourth-order valence-electron chi connectivity index (χ4n) is 2.02. The van der Waals surface area contributed by atoms with Crippen molar-refractivity contribution in [1.82, 2.24) is 4.68 Å². The largest absolute Gasteiger partial charge is 0.478 e. The molecular formula is C13H11N3O5. The molecule has 0 amide bonds. The number of anilines is 1. The topological polar surface area (TPSA) is 149 Å². The van der Waals surface area contributed by atoms with Crippen molar-refractivity contribution in [1.29, 1.82) is 0 Å². The van der Waals surface area contributed by atoms with Crippen LogP contribution in [0.25, 0.3) is 11.1 Å². The highest BCUT2D eigenvalue weighted by molar-refractivity contribution is 6.07. The summed E-state index contributed by atoms with van der Waals surface area (Å²) < 4.78 is 0.319. The van der Waals surface area contributed by atoms with E-state index in [1.54, 1.807) is 18.2 Å². The van der Waals surface area contributed by atoms with Crippen molar-refractivity contribution < 1.29 is 19.8 Å². The second-order valence-electron chi connectivity index (χ2n) is 4.16. The summed E-state index contributed by atoms with van der Waals surface area (Å²) in [5.74, 6) is 1.78. The standard InChI is InChI=1S/C13H11N3O5/c14-10-8(12(18)19)7(6-4-2-1-3-5-6)9(13(20)21)11(17)16(10)15/h1-5H,14-15H2,(H,18,19)(H,20,21). The minimum atomic E-state index is -1.58. The molecule has 8 heteroatoms. The molecule has 2 rings (SSSR count). The van der Waals surface area contributed by atoms with Crippen LogP contribution in [0, 0.1) is 0 Å². The van der Waals surface area contributed by atoms with Crippen LogP contribution in [0.4, 0.5) is 5.82 Å². The van der Waals surface area contributed by atoms with Gasteiger partial charge in [0.05, 0.1) is 0 Å². The Labute approximate surface area is 117 Å². The summed E-state index contributed by atoms with van der Waals surface area (Å²) in [5.41, 5.74) is 3.19. The van der Waals surface area contributed by atoms with E-state index in [2.05, 4.69) is 0 Å². The summed E-state index contributed by atoms with van der Waals surface area (Å²) in [6, 6.07) is 7.79. The van der Waals surface area contributed by atoms with Crippen LogP contribution < -0.4 is 17.1 Å². The monoisotopic (exact) mass is 289 g/mol. The summed E-state index contributed by atoms with van der Waals surface area (Å²) >= 11 is 0. The van der Waals surface area contributed by atoms with Crippen LogP contribution in [0.1, 0.15) is 20.7 Å². The van der Waals surface area contributed by atoms with Gasteiger partial charge < -0.3 is 21.8 Å². The number of carboxylic acids is 2. The molecule has 0 fully saturated rings. The van der Waals surface area contributed by atoms with Crippen molar-refractivity contribution in [2.75, 3.05) is 11.6 Å². The predicted molar refractivity (Wildman–Crippen MR) is 74.6 cm³/mol. The molecule has 1 aromatic heterocycles. The molecule has 0 aliphatic heterocycles. The van der Waals surface area contributed by atoms with Crippen molar-refractivity contribution in [3.8, 4) is 11.1 Å². The second kappa shape index (κ2) is 5.00. The third-order valence-electron chi connectivity index (χ3n) is 2.94. The zero-order valence-corrected chi connectivity index (χ0v) is 10.6. The minimum absolute atomic E-state index is 0.247. The Morgan fingerprint density at radius 1 is 1.00 bits per heavy atom. The van der Waals surface area contributed by atoms with Gasteiger partial charge in [-0.1, -0.05) is 30.3 Å². The van der Waals surface area contributed by atoms with Gasteiger partial charge in [0.15, 0.2) is 0 Å². The number of hydrogen-bond donors (Lipinski definition) is 4. The van der Waals surface area contributed by atoms with Crippen LogP contribution in [0.2, 0.25) is 0 Å². The van der Waals surface area contributed by atoms with Gasteiger partial charge in [0.2, 0.25) is 0 Å². The van der Waals surface area contributed by atoms with Gasteiger partial charge in [0.25, 0.3) is 5.56 Å². The van der Waals surface area contributed by atoms with E-state index in [9.17, 15) is 24.6 Å². The smallest absolute Gasteiger partial charge is 0.342 e. The lowest BCUT2D eigenvalue weighted by atomic mass is 9.95. The maximum atomic E-state index is 12.0. The average molecular weight is 289 g/mol. The molecule has 0 bridgehead atoms. The first-order chi connectivity index (χ1) is 9.86. The lowest BCUT2D eigenvalue weighted by Crippen LogP contribution is -2.36. The number of nitrogens with zero attached hydrogens (tertiary/aromatic N) is 1. The van der Waals surface area contributed by atoms with E-state index < -0.39 is 34.4 Å². The second-order valence-corrected chi connectivity index (χ2v) is 4.16. The normalized spacial score (nSPS) is 10.3. The molecule has 108 valence electrons. The first-order valence-corrected chi connectivity index (χ1v) is 5.71. The number of pyridine rings is 1. The van der Waals surface area contributed by atoms with Crippen molar-refractivity contribution in [2.24, 2.45) is 0 Å². The van der Waals surface area contributed by atoms with Crippen molar-refractivity contribution in [3.05, 3.63) is 51.8 Å². The molecule has 0 saturated heterocycles. The zero-order chi connectivity index (χ0) is 15.7. The number of nitrogen functional groups attached to an aromatic ring is 2. The molecule has 0 atom stereocenters. The minimum Gasteiger partial charge on any atom is -0.478 e. The number of rotatable bonds is 3. The Balaban J connectivity index is 3.06. The molecule has 2 aromatic rings. The van der Waals surface area contributed by atoms with Gasteiger partial charge in [-0.2, -0.15) is 0 Å². The van der Waals surface area contributed by atoms with E-state index in [1.165, 1.54) is 12.1 Å². The Hall–Kier alpha value is -3.29. The van der Waals surface area contributed by atoms with Gasteiger partial charge in [0.1, 0.15) is 16.9 Å². The number of carbonyl (C=O) groups is 2. The fraction of sp³-hybridized carbons (Fsp3) is 0. The molecule has 1 heterocycles. The average Bonchev–Trinajstić information content (AvgIpc) is 2.44. The molecule has 0 aliphatic carbocycles. The van der Waals surface area contributed by atoms with Gasteiger partial charge in [-0.15, -0.1) is 0 Å². The maximum Gasteiger partial charge on any atom is 0.342 e. The fourth-order valence-corrected chi connectivity index (χ4v) is 2.02. The van der Waals surface area contributed by atoms with E-state index in [4.69, 9.17) is 11.6 Å². The lowest BCUT2D eigenvalue weighted by Gasteiger charge is -2.14. The van der Waals surface area contributed by atoms with Crippen LogP contribution in [0.3, 0.4) is 0 Å². The van der Waals surface area contributed by atoms with Gasteiger partial charge >= 0.3 is 11.9 Å². The molecule has 8 nitrogen and oxygen atoms in total. The van der Waals surface area contributed by atoms with Crippen LogP contribution in [0.5, 0.6) is 0 Å². The van der Waals surface area contributed by atoms with Gasteiger partial charge in [-0.05, 0) is 5.56 Å². The Kier molecular flexibility index (Phi) is 3.37. The number of nitrogens with two attached hydrogens (primary N) is 2. The Morgan fingerprint density at radius 2 is 1.52 bits per heavy atom. The highest BCUT2D eigenvalue weighted by atomic mass is 16.4. The molecule has 0 saturated carbocycles. The maximum absolute atomic E-state index is 12.0. The molecule has 6 N–H and O–H groups in total. The molecule has 1 aromatic carbocycles. The van der Waals surface area contributed by atoms with Gasteiger partial charge in [-0.3, -0.25) is 4.79 Å². The van der Waals surface area contributed by atoms with E-state index >= 15 is 0 Å². The van der Waals surface area contributed by atoms with E-state index in [0.717, 1.165) is 0 Å². The molecule has 0 spiro atoms. The summed E-state index contributed by atoms with van der Waals surface area (Å²) in [4.78, 5) is 34.7. The lowest BCUT2D eigenvalue weighted by molar-refractivity contribution is 0.0695. The number of hydrogen-bond acceptors (Lipinski definition) is 5. The van der Waals surface area contributed by atoms with E-state index in [1.807, 2.05) is 0 Å². The van der Waals surface area contributed by atoms with Gasteiger partial charge in [-0.25, -0.2) is 14.3 Å². The highest BCUT2D eigenvalue weighted by Gasteiger charge is 2.28. The first kappa shape index (κ1) is 14.1.